The molecular weight excluding hydrogens is 166 g/mol. The van der Waals surface area contributed by atoms with E-state index in [2.05, 4.69) is 10.3 Å². The molecule has 4 N–H and O–H groups in total. The van der Waals surface area contributed by atoms with Crippen LogP contribution in [0.5, 0.6) is 0 Å². The Labute approximate surface area is 77.5 Å². The van der Waals surface area contributed by atoms with Crippen LogP contribution in [0.25, 0.3) is 0 Å². The quantitative estimate of drug-likeness (QED) is 0.614. The number of hydrogen-bond acceptors (Lipinski definition) is 2. The molecule has 1 rings (SSSR count). The van der Waals surface area contributed by atoms with E-state index in [0.29, 0.717) is 6.42 Å². The lowest BCUT2D eigenvalue weighted by Crippen LogP contribution is -2.30. The van der Waals surface area contributed by atoms with Gasteiger partial charge in [-0.1, -0.05) is 0 Å². The van der Waals surface area contributed by atoms with E-state index in [4.69, 9.17) is 5.73 Å². The number of nitrogens with two attached hydrogens (primary N) is 1. The number of aromatic nitrogens is 1. The number of hydrogen-bond donors (Lipinski definition) is 3. The number of primary amides is 1. The van der Waals surface area contributed by atoms with E-state index in [1.807, 2.05) is 25.3 Å². The van der Waals surface area contributed by atoms with Crippen molar-refractivity contribution in [2.75, 3.05) is 0 Å². The van der Waals surface area contributed by atoms with Crippen molar-refractivity contribution in [1.82, 2.24) is 10.3 Å². The highest BCUT2D eigenvalue weighted by atomic mass is 16.1. The van der Waals surface area contributed by atoms with Crippen LogP contribution in [0.4, 0.5) is 0 Å². The van der Waals surface area contributed by atoms with Crippen molar-refractivity contribution in [2.45, 2.75) is 25.9 Å². The van der Waals surface area contributed by atoms with E-state index >= 15 is 0 Å². The number of carbonyl (C=O) groups is 1. The van der Waals surface area contributed by atoms with Crippen LogP contribution >= 0.6 is 0 Å². The van der Waals surface area contributed by atoms with Gasteiger partial charge in [0.25, 0.3) is 0 Å². The molecular formula is C9H15N3O. The molecule has 4 heteroatoms. The topological polar surface area (TPSA) is 70.9 Å². The Morgan fingerprint density at radius 1 is 1.77 bits per heavy atom. The number of amides is 1. The first-order chi connectivity index (χ1) is 6.18. The SMILES string of the molecule is CC(CC(N)=O)NCc1ccc[nH]1. The van der Waals surface area contributed by atoms with Gasteiger partial charge in [0.15, 0.2) is 0 Å². The minimum absolute atomic E-state index is 0.126. The predicted octanol–water partition coefficient (Wildman–Crippen LogP) is 0.368. The zero-order chi connectivity index (χ0) is 9.68. The fourth-order valence-corrected chi connectivity index (χ4v) is 1.14. The summed E-state index contributed by atoms with van der Waals surface area (Å²) in [6.45, 7) is 2.68. The van der Waals surface area contributed by atoms with Gasteiger partial charge in [0, 0.05) is 30.9 Å². The van der Waals surface area contributed by atoms with Gasteiger partial charge >= 0.3 is 0 Å². The smallest absolute Gasteiger partial charge is 0.218 e. The summed E-state index contributed by atoms with van der Waals surface area (Å²) in [5.74, 6) is -0.272. The van der Waals surface area contributed by atoms with E-state index in [1.165, 1.54) is 0 Å². The fourth-order valence-electron chi connectivity index (χ4n) is 1.14. The van der Waals surface area contributed by atoms with E-state index in [0.717, 1.165) is 12.2 Å². The van der Waals surface area contributed by atoms with Gasteiger partial charge in [0.2, 0.25) is 5.91 Å². The molecule has 0 aromatic carbocycles. The Morgan fingerprint density at radius 3 is 3.08 bits per heavy atom. The molecule has 0 aliphatic carbocycles. The third-order valence-electron chi connectivity index (χ3n) is 1.81. The first-order valence-electron chi connectivity index (χ1n) is 4.32. The van der Waals surface area contributed by atoms with Crippen molar-refractivity contribution >= 4 is 5.91 Å². The third kappa shape index (κ3) is 3.75. The Balaban J connectivity index is 2.22. The van der Waals surface area contributed by atoms with Crippen molar-refractivity contribution in [1.29, 1.82) is 0 Å². The summed E-state index contributed by atoms with van der Waals surface area (Å²) in [6.07, 6.45) is 2.25. The Bertz CT molecular complexity index is 256. The Kier molecular flexibility index (Phi) is 3.52. The van der Waals surface area contributed by atoms with Crippen molar-refractivity contribution in [2.24, 2.45) is 5.73 Å². The Hall–Kier alpha value is -1.29. The van der Waals surface area contributed by atoms with E-state index in [1.54, 1.807) is 0 Å². The van der Waals surface area contributed by atoms with Crippen LogP contribution < -0.4 is 11.1 Å². The first kappa shape index (κ1) is 9.80. The fraction of sp³-hybridized carbons (Fsp3) is 0.444. The molecule has 0 spiro atoms. The second-order valence-electron chi connectivity index (χ2n) is 3.15. The van der Waals surface area contributed by atoms with Crippen molar-refractivity contribution in [3.8, 4) is 0 Å². The zero-order valence-corrected chi connectivity index (χ0v) is 7.71. The average molecular weight is 181 g/mol. The van der Waals surface area contributed by atoms with Crippen LogP contribution in [0.1, 0.15) is 19.0 Å². The van der Waals surface area contributed by atoms with E-state index in [-0.39, 0.29) is 11.9 Å². The van der Waals surface area contributed by atoms with E-state index < -0.39 is 0 Å². The maximum absolute atomic E-state index is 10.5. The lowest BCUT2D eigenvalue weighted by Gasteiger charge is -2.10. The van der Waals surface area contributed by atoms with Crippen LogP contribution in [0.3, 0.4) is 0 Å². The number of carbonyl (C=O) groups excluding carboxylic acids is 1. The van der Waals surface area contributed by atoms with Crippen molar-refractivity contribution in [3.63, 3.8) is 0 Å². The molecule has 0 aliphatic rings. The minimum Gasteiger partial charge on any atom is -0.370 e. The molecule has 1 heterocycles. The van der Waals surface area contributed by atoms with Crippen LogP contribution in [0.2, 0.25) is 0 Å². The van der Waals surface area contributed by atoms with Crippen molar-refractivity contribution < 1.29 is 4.79 Å². The maximum Gasteiger partial charge on any atom is 0.218 e. The second kappa shape index (κ2) is 4.67. The first-order valence-corrected chi connectivity index (χ1v) is 4.32. The van der Waals surface area contributed by atoms with Gasteiger partial charge in [-0.3, -0.25) is 4.79 Å². The summed E-state index contributed by atoms with van der Waals surface area (Å²) in [5, 5.41) is 3.18. The summed E-state index contributed by atoms with van der Waals surface area (Å²) in [7, 11) is 0. The molecule has 0 bridgehead atoms. The van der Waals surface area contributed by atoms with Crippen LogP contribution in [0, 0.1) is 0 Å². The van der Waals surface area contributed by atoms with Gasteiger partial charge in [-0.15, -0.1) is 0 Å². The van der Waals surface area contributed by atoms with Gasteiger partial charge in [-0.2, -0.15) is 0 Å². The van der Waals surface area contributed by atoms with Gasteiger partial charge in [0.05, 0.1) is 0 Å². The van der Waals surface area contributed by atoms with Gasteiger partial charge in [-0.25, -0.2) is 0 Å². The molecule has 0 saturated heterocycles. The molecule has 4 nitrogen and oxygen atoms in total. The molecule has 72 valence electrons. The van der Waals surface area contributed by atoms with Crippen molar-refractivity contribution in [3.05, 3.63) is 24.0 Å². The van der Waals surface area contributed by atoms with Crippen LogP contribution in [-0.4, -0.2) is 16.9 Å². The lowest BCUT2D eigenvalue weighted by atomic mass is 10.2. The highest BCUT2D eigenvalue weighted by Gasteiger charge is 2.04. The molecule has 1 unspecified atom stereocenters. The molecule has 1 amide bonds. The number of aromatic amines is 1. The summed E-state index contributed by atoms with van der Waals surface area (Å²) in [4.78, 5) is 13.6. The number of nitrogens with one attached hydrogen (secondary N) is 2. The molecule has 0 saturated carbocycles. The molecule has 1 aromatic heterocycles. The van der Waals surface area contributed by atoms with Gasteiger partial charge in [-0.05, 0) is 19.1 Å². The normalized spacial score (nSPS) is 12.7. The number of rotatable bonds is 5. The number of H-pyrrole nitrogens is 1. The standard InChI is InChI=1S/C9H15N3O/c1-7(5-9(10)13)12-6-8-3-2-4-11-8/h2-4,7,11-12H,5-6H2,1H3,(H2,10,13). The van der Waals surface area contributed by atoms with Crippen LogP contribution in [0.15, 0.2) is 18.3 Å². The molecule has 1 atom stereocenters. The highest BCUT2D eigenvalue weighted by molar-refractivity contribution is 5.74. The summed E-state index contributed by atoms with van der Waals surface area (Å²) in [6, 6.07) is 4.06. The average Bonchev–Trinajstić information content (AvgIpc) is 2.51. The minimum atomic E-state index is -0.272. The highest BCUT2D eigenvalue weighted by Crippen LogP contribution is 1.96. The molecule has 0 radical (unpaired) electrons. The zero-order valence-electron chi connectivity index (χ0n) is 7.71. The molecule has 1 aromatic rings. The summed E-state index contributed by atoms with van der Waals surface area (Å²) in [5.41, 5.74) is 6.16. The molecule has 0 aliphatic heterocycles. The molecule has 13 heavy (non-hydrogen) atoms. The molecule has 0 fully saturated rings. The van der Waals surface area contributed by atoms with Gasteiger partial charge in [0.1, 0.15) is 0 Å². The lowest BCUT2D eigenvalue weighted by molar-refractivity contribution is -0.118. The van der Waals surface area contributed by atoms with Crippen LogP contribution in [-0.2, 0) is 11.3 Å². The maximum atomic E-state index is 10.5. The summed E-state index contributed by atoms with van der Waals surface area (Å²) < 4.78 is 0. The third-order valence-corrected chi connectivity index (χ3v) is 1.81. The second-order valence-corrected chi connectivity index (χ2v) is 3.15. The Morgan fingerprint density at radius 2 is 2.54 bits per heavy atom. The van der Waals surface area contributed by atoms with E-state index in [9.17, 15) is 4.79 Å². The summed E-state index contributed by atoms with van der Waals surface area (Å²) >= 11 is 0. The largest absolute Gasteiger partial charge is 0.370 e. The van der Waals surface area contributed by atoms with Gasteiger partial charge < -0.3 is 16.0 Å². The predicted molar refractivity (Wildman–Crippen MR) is 50.9 cm³/mol. The monoisotopic (exact) mass is 181 g/mol.